The van der Waals surface area contributed by atoms with E-state index in [9.17, 15) is 22.4 Å². The van der Waals surface area contributed by atoms with Crippen molar-refractivity contribution in [2.24, 2.45) is 5.92 Å². The molecule has 0 bridgehead atoms. The predicted octanol–water partition coefficient (Wildman–Crippen LogP) is 5.86. The molecular formula is C36H37ClFN3O6S. The lowest BCUT2D eigenvalue weighted by molar-refractivity contribution is -0.140. The SMILES string of the molecule is CC(C)CNC(=O)[C@@H](Cc1ccccc1)N(Cc1ccc(Cl)cc1)C(=O)CN(c1ccc(F)cc1)S(=O)(=O)c1ccc2c(c1)OCCO2. The van der Waals surface area contributed by atoms with Crippen LogP contribution in [0.1, 0.15) is 25.0 Å². The van der Waals surface area contributed by atoms with Gasteiger partial charge in [0.25, 0.3) is 10.0 Å². The Hall–Kier alpha value is -4.61. The summed E-state index contributed by atoms with van der Waals surface area (Å²) >= 11 is 6.14. The standard InChI is InChI=1S/C36H37ClFN3O6S/c1-25(2)22-39-36(43)32(20-26-6-4-3-5-7-26)40(23-27-8-10-28(37)11-9-27)35(42)24-41(30-14-12-29(38)13-15-30)48(44,45)31-16-17-33-34(21-31)47-19-18-46-33/h3-17,21,25,32H,18-20,22-24H2,1-2H3,(H,39,43)/t32-/m1/s1. The molecule has 0 aliphatic carbocycles. The van der Waals surface area contributed by atoms with E-state index in [1.165, 1.54) is 35.2 Å². The molecule has 4 aromatic rings. The number of rotatable bonds is 13. The van der Waals surface area contributed by atoms with Crippen LogP contribution in [-0.4, -0.2) is 57.5 Å². The van der Waals surface area contributed by atoms with Crippen molar-refractivity contribution in [3.8, 4) is 11.5 Å². The van der Waals surface area contributed by atoms with E-state index >= 15 is 0 Å². The average Bonchev–Trinajstić information content (AvgIpc) is 3.09. The summed E-state index contributed by atoms with van der Waals surface area (Å²) in [5.74, 6) is -0.793. The fraction of sp³-hybridized carbons (Fsp3) is 0.278. The number of hydrogen-bond donors (Lipinski definition) is 1. The molecule has 9 nitrogen and oxygen atoms in total. The van der Waals surface area contributed by atoms with Crippen molar-refractivity contribution >= 4 is 39.1 Å². The van der Waals surface area contributed by atoms with Crippen LogP contribution in [0.5, 0.6) is 11.5 Å². The number of carbonyl (C=O) groups excluding carboxylic acids is 2. The number of ether oxygens (including phenoxy) is 2. The first-order valence-corrected chi connectivity index (χ1v) is 17.4. The van der Waals surface area contributed by atoms with E-state index < -0.39 is 34.3 Å². The highest BCUT2D eigenvalue weighted by Gasteiger charge is 2.35. The number of fused-ring (bicyclic) bond motifs is 1. The van der Waals surface area contributed by atoms with Gasteiger partial charge < -0.3 is 19.7 Å². The molecule has 1 N–H and O–H groups in total. The average molecular weight is 694 g/mol. The van der Waals surface area contributed by atoms with Crippen molar-refractivity contribution in [1.82, 2.24) is 10.2 Å². The molecule has 0 radical (unpaired) electrons. The normalized spacial score (nSPS) is 13.1. The van der Waals surface area contributed by atoms with Crippen LogP contribution < -0.4 is 19.1 Å². The van der Waals surface area contributed by atoms with Crippen molar-refractivity contribution in [1.29, 1.82) is 0 Å². The molecule has 0 saturated carbocycles. The lowest BCUT2D eigenvalue weighted by Crippen LogP contribution is -2.53. The van der Waals surface area contributed by atoms with E-state index in [0.29, 0.717) is 29.5 Å². The second-order valence-electron chi connectivity index (χ2n) is 11.8. The summed E-state index contributed by atoms with van der Waals surface area (Å²) in [6.07, 6.45) is 0.176. The number of amides is 2. The van der Waals surface area contributed by atoms with Crippen LogP contribution in [0.4, 0.5) is 10.1 Å². The van der Waals surface area contributed by atoms with Crippen molar-refractivity contribution in [2.75, 3.05) is 30.6 Å². The highest BCUT2D eigenvalue weighted by atomic mass is 35.5. The van der Waals surface area contributed by atoms with Crippen LogP contribution in [0.15, 0.2) is 102 Å². The van der Waals surface area contributed by atoms with E-state index in [2.05, 4.69) is 5.32 Å². The highest BCUT2D eigenvalue weighted by Crippen LogP contribution is 2.34. The van der Waals surface area contributed by atoms with Crippen molar-refractivity contribution < 1.29 is 31.9 Å². The van der Waals surface area contributed by atoms with Crippen molar-refractivity contribution in [3.05, 3.63) is 119 Å². The van der Waals surface area contributed by atoms with E-state index in [1.54, 1.807) is 24.3 Å². The predicted molar refractivity (Wildman–Crippen MR) is 182 cm³/mol. The minimum absolute atomic E-state index is 0.00999. The maximum absolute atomic E-state index is 14.5. The minimum Gasteiger partial charge on any atom is -0.486 e. The summed E-state index contributed by atoms with van der Waals surface area (Å²) in [4.78, 5) is 29.7. The zero-order valence-corrected chi connectivity index (χ0v) is 28.2. The molecule has 1 aliphatic rings. The van der Waals surface area contributed by atoms with Gasteiger partial charge >= 0.3 is 0 Å². The Bertz CT molecular complexity index is 1820. The van der Waals surface area contributed by atoms with Gasteiger partial charge in [-0.3, -0.25) is 13.9 Å². The number of benzene rings is 4. The van der Waals surface area contributed by atoms with Crippen molar-refractivity contribution in [2.45, 2.75) is 37.8 Å². The molecule has 0 saturated heterocycles. The molecule has 1 aliphatic heterocycles. The van der Waals surface area contributed by atoms with Gasteiger partial charge in [0.05, 0.1) is 10.6 Å². The molecule has 12 heteroatoms. The van der Waals surface area contributed by atoms with Gasteiger partial charge in [0, 0.05) is 30.6 Å². The molecule has 5 rings (SSSR count). The summed E-state index contributed by atoms with van der Waals surface area (Å²) < 4.78 is 54.7. The van der Waals surface area contributed by atoms with E-state index in [-0.39, 0.29) is 47.7 Å². The second-order valence-corrected chi connectivity index (χ2v) is 14.1. The van der Waals surface area contributed by atoms with Gasteiger partial charge in [-0.1, -0.05) is 67.9 Å². The van der Waals surface area contributed by atoms with Crippen LogP contribution in [0.3, 0.4) is 0 Å². The number of anilines is 1. The molecule has 48 heavy (non-hydrogen) atoms. The third-order valence-corrected chi connectivity index (χ3v) is 9.74. The largest absolute Gasteiger partial charge is 0.486 e. The van der Waals surface area contributed by atoms with Crippen LogP contribution in [0, 0.1) is 11.7 Å². The minimum atomic E-state index is -4.42. The lowest BCUT2D eigenvalue weighted by Gasteiger charge is -2.34. The summed E-state index contributed by atoms with van der Waals surface area (Å²) in [5, 5.41) is 3.46. The Morgan fingerprint density at radius 3 is 2.21 bits per heavy atom. The topological polar surface area (TPSA) is 105 Å². The monoisotopic (exact) mass is 693 g/mol. The number of hydrogen-bond acceptors (Lipinski definition) is 6. The Labute approximate surface area is 285 Å². The molecule has 0 aromatic heterocycles. The maximum atomic E-state index is 14.5. The second kappa shape index (κ2) is 15.5. The molecule has 0 unspecified atom stereocenters. The van der Waals surface area contributed by atoms with E-state index in [1.807, 2.05) is 44.2 Å². The highest BCUT2D eigenvalue weighted by molar-refractivity contribution is 7.92. The van der Waals surface area contributed by atoms with E-state index in [4.69, 9.17) is 21.1 Å². The molecule has 0 spiro atoms. The molecular weight excluding hydrogens is 657 g/mol. The Morgan fingerprint density at radius 2 is 1.54 bits per heavy atom. The summed E-state index contributed by atoms with van der Waals surface area (Å²) in [7, 11) is -4.42. The van der Waals surface area contributed by atoms with Crippen molar-refractivity contribution in [3.63, 3.8) is 0 Å². The quantitative estimate of drug-likeness (QED) is 0.188. The Morgan fingerprint density at radius 1 is 0.875 bits per heavy atom. The van der Waals surface area contributed by atoms with Crippen LogP contribution in [0.25, 0.3) is 0 Å². The van der Waals surface area contributed by atoms with Gasteiger partial charge in [-0.25, -0.2) is 12.8 Å². The molecule has 252 valence electrons. The lowest BCUT2D eigenvalue weighted by atomic mass is 10.0. The number of nitrogens with zero attached hydrogens (tertiary/aromatic N) is 2. The van der Waals surface area contributed by atoms with Gasteiger partial charge in [0.1, 0.15) is 31.6 Å². The van der Waals surface area contributed by atoms with Crippen LogP contribution in [-0.2, 0) is 32.6 Å². The van der Waals surface area contributed by atoms with Gasteiger partial charge in [-0.05, 0) is 65.6 Å². The first-order chi connectivity index (χ1) is 23.0. The molecule has 0 fully saturated rings. The molecule has 1 heterocycles. The molecule has 1 atom stereocenters. The molecule has 2 amide bonds. The summed E-state index contributed by atoms with van der Waals surface area (Å²) in [6, 6.07) is 24.2. The van der Waals surface area contributed by atoms with Gasteiger partial charge in [0.2, 0.25) is 11.8 Å². The summed E-state index contributed by atoms with van der Waals surface area (Å²) in [5.41, 5.74) is 1.57. The number of sulfonamides is 1. The number of carbonyl (C=O) groups is 2. The molecule has 4 aromatic carbocycles. The fourth-order valence-corrected chi connectivity index (χ4v) is 6.77. The van der Waals surface area contributed by atoms with Crippen LogP contribution in [0.2, 0.25) is 5.02 Å². The van der Waals surface area contributed by atoms with E-state index in [0.717, 1.165) is 22.0 Å². The third-order valence-electron chi connectivity index (χ3n) is 7.72. The first-order valence-electron chi connectivity index (χ1n) is 15.5. The Balaban J connectivity index is 1.56. The zero-order chi connectivity index (χ0) is 34.3. The van der Waals surface area contributed by atoms with Gasteiger partial charge in [-0.2, -0.15) is 0 Å². The summed E-state index contributed by atoms with van der Waals surface area (Å²) in [6.45, 7) is 4.19. The number of halogens is 2. The fourth-order valence-electron chi connectivity index (χ4n) is 5.21. The first kappa shape index (κ1) is 34.7. The van der Waals surface area contributed by atoms with Gasteiger partial charge in [0.15, 0.2) is 11.5 Å². The zero-order valence-electron chi connectivity index (χ0n) is 26.6. The third kappa shape index (κ3) is 8.64. The smallest absolute Gasteiger partial charge is 0.264 e. The van der Waals surface area contributed by atoms with Gasteiger partial charge in [-0.15, -0.1) is 0 Å². The maximum Gasteiger partial charge on any atom is 0.264 e. The van der Waals surface area contributed by atoms with Crippen LogP contribution >= 0.6 is 11.6 Å². The Kier molecular flexibility index (Phi) is 11.2. The number of nitrogens with one attached hydrogen (secondary N) is 1.